The highest BCUT2D eigenvalue weighted by Crippen LogP contribution is 2.45. The van der Waals surface area contributed by atoms with E-state index in [0.29, 0.717) is 5.41 Å². The Hall–Kier alpha value is -0.930. The van der Waals surface area contributed by atoms with Crippen molar-refractivity contribution in [1.82, 2.24) is 5.32 Å². The quantitative estimate of drug-likeness (QED) is 0.832. The molecule has 1 saturated carbocycles. The zero-order valence-electron chi connectivity index (χ0n) is 11.3. The second kappa shape index (κ2) is 5.37. The van der Waals surface area contributed by atoms with E-state index < -0.39 is 0 Å². The number of halogens is 1. The Morgan fingerprint density at radius 3 is 2.61 bits per heavy atom. The number of ether oxygens (including phenoxy) is 1. The molecule has 1 aromatic rings. The van der Waals surface area contributed by atoms with Gasteiger partial charge >= 0.3 is 0 Å². The molecule has 0 heterocycles. The van der Waals surface area contributed by atoms with Gasteiger partial charge in [-0.15, -0.1) is 0 Å². The minimum absolute atomic E-state index is 0.424. The van der Waals surface area contributed by atoms with Crippen LogP contribution in [0.15, 0.2) is 12.1 Å². The predicted molar refractivity (Wildman–Crippen MR) is 76.8 cm³/mol. The summed E-state index contributed by atoms with van der Waals surface area (Å²) in [7, 11) is 3.68. The predicted octanol–water partition coefficient (Wildman–Crippen LogP) is 3.07. The standard InChI is InChI=1S/C14H21ClN2O/c1-10-6-12(13(18-3)7-11(10)15)17-9-14(4-5-14)8-16-2/h6-7,16-17H,4-5,8-9H2,1-3H3. The van der Waals surface area contributed by atoms with Gasteiger partial charge in [-0.1, -0.05) is 11.6 Å². The van der Waals surface area contributed by atoms with Crippen molar-refractivity contribution in [1.29, 1.82) is 0 Å². The summed E-state index contributed by atoms with van der Waals surface area (Å²) < 4.78 is 5.36. The highest BCUT2D eigenvalue weighted by atomic mass is 35.5. The first-order valence-corrected chi connectivity index (χ1v) is 6.71. The van der Waals surface area contributed by atoms with Crippen molar-refractivity contribution in [2.75, 3.05) is 32.6 Å². The van der Waals surface area contributed by atoms with Gasteiger partial charge in [-0.25, -0.2) is 0 Å². The summed E-state index contributed by atoms with van der Waals surface area (Å²) >= 11 is 6.10. The number of aryl methyl sites for hydroxylation is 1. The van der Waals surface area contributed by atoms with Crippen LogP contribution in [0.2, 0.25) is 5.02 Å². The molecule has 0 radical (unpaired) electrons. The van der Waals surface area contributed by atoms with E-state index in [1.807, 2.05) is 20.0 Å². The van der Waals surface area contributed by atoms with Crippen LogP contribution in [-0.4, -0.2) is 27.2 Å². The van der Waals surface area contributed by atoms with E-state index in [0.717, 1.165) is 35.1 Å². The van der Waals surface area contributed by atoms with Crippen molar-refractivity contribution < 1.29 is 4.74 Å². The number of benzene rings is 1. The lowest BCUT2D eigenvalue weighted by molar-refractivity contribution is 0.415. The smallest absolute Gasteiger partial charge is 0.143 e. The van der Waals surface area contributed by atoms with Crippen molar-refractivity contribution in [2.24, 2.45) is 5.41 Å². The second-order valence-electron chi connectivity index (χ2n) is 5.19. The summed E-state index contributed by atoms with van der Waals surface area (Å²) in [6, 6.07) is 3.92. The van der Waals surface area contributed by atoms with Crippen LogP contribution in [0.1, 0.15) is 18.4 Å². The molecule has 0 bridgehead atoms. The minimum Gasteiger partial charge on any atom is -0.495 e. The van der Waals surface area contributed by atoms with Crippen LogP contribution >= 0.6 is 11.6 Å². The van der Waals surface area contributed by atoms with E-state index in [9.17, 15) is 0 Å². The van der Waals surface area contributed by atoms with Crippen molar-refractivity contribution >= 4 is 17.3 Å². The number of hydrogen-bond acceptors (Lipinski definition) is 3. The Bertz CT molecular complexity index is 430. The molecule has 2 rings (SSSR count). The van der Waals surface area contributed by atoms with E-state index in [2.05, 4.69) is 16.7 Å². The van der Waals surface area contributed by atoms with Crippen molar-refractivity contribution in [2.45, 2.75) is 19.8 Å². The normalized spacial score (nSPS) is 16.4. The summed E-state index contributed by atoms with van der Waals surface area (Å²) in [5.74, 6) is 0.811. The molecule has 0 amide bonds. The highest BCUT2D eigenvalue weighted by molar-refractivity contribution is 6.31. The summed E-state index contributed by atoms with van der Waals surface area (Å²) in [6.07, 6.45) is 2.57. The Kier molecular flexibility index (Phi) is 4.03. The first-order chi connectivity index (χ1) is 8.60. The maximum atomic E-state index is 6.10. The molecular formula is C14H21ClN2O. The summed E-state index contributed by atoms with van der Waals surface area (Å²) in [5, 5.41) is 7.50. The monoisotopic (exact) mass is 268 g/mol. The molecule has 0 atom stereocenters. The maximum Gasteiger partial charge on any atom is 0.143 e. The van der Waals surface area contributed by atoms with E-state index in [1.165, 1.54) is 12.8 Å². The number of methoxy groups -OCH3 is 1. The zero-order chi connectivity index (χ0) is 13.2. The molecule has 1 aliphatic rings. The third-order valence-electron chi connectivity index (χ3n) is 3.64. The summed E-state index contributed by atoms with van der Waals surface area (Å²) in [6.45, 7) is 4.05. The van der Waals surface area contributed by atoms with Gasteiger partial charge in [-0.3, -0.25) is 0 Å². The molecular weight excluding hydrogens is 248 g/mol. The highest BCUT2D eigenvalue weighted by Gasteiger charge is 2.41. The van der Waals surface area contributed by atoms with Crippen LogP contribution in [-0.2, 0) is 0 Å². The van der Waals surface area contributed by atoms with Crippen molar-refractivity contribution in [3.8, 4) is 5.75 Å². The van der Waals surface area contributed by atoms with Gasteiger partial charge in [0.25, 0.3) is 0 Å². The first-order valence-electron chi connectivity index (χ1n) is 6.33. The fourth-order valence-corrected chi connectivity index (χ4v) is 2.37. The van der Waals surface area contributed by atoms with Crippen LogP contribution in [0.3, 0.4) is 0 Å². The lowest BCUT2D eigenvalue weighted by atomic mass is 10.1. The van der Waals surface area contributed by atoms with Gasteiger partial charge in [0.2, 0.25) is 0 Å². The Balaban J connectivity index is 2.07. The summed E-state index contributed by atoms with van der Waals surface area (Å²) in [5.41, 5.74) is 2.52. The van der Waals surface area contributed by atoms with Gasteiger partial charge in [0.15, 0.2) is 0 Å². The molecule has 0 aromatic heterocycles. The molecule has 0 spiro atoms. The summed E-state index contributed by atoms with van der Waals surface area (Å²) in [4.78, 5) is 0. The Morgan fingerprint density at radius 1 is 1.33 bits per heavy atom. The third-order valence-corrected chi connectivity index (χ3v) is 4.05. The molecule has 1 aromatic carbocycles. The van der Waals surface area contributed by atoms with Gasteiger partial charge in [0, 0.05) is 29.6 Å². The van der Waals surface area contributed by atoms with E-state index in [-0.39, 0.29) is 0 Å². The molecule has 1 aliphatic carbocycles. The van der Waals surface area contributed by atoms with Gasteiger partial charge in [0.1, 0.15) is 5.75 Å². The van der Waals surface area contributed by atoms with E-state index in [1.54, 1.807) is 7.11 Å². The fraction of sp³-hybridized carbons (Fsp3) is 0.571. The Labute approximate surface area is 114 Å². The zero-order valence-corrected chi connectivity index (χ0v) is 12.0. The van der Waals surface area contributed by atoms with E-state index >= 15 is 0 Å². The molecule has 0 unspecified atom stereocenters. The van der Waals surface area contributed by atoms with Crippen LogP contribution in [0.25, 0.3) is 0 Å². The van der Waals surface area contributed by atoms with Crippen LogP contribution in [0.4, 0.5) is 5.69 Å². The molecule has 0 aliphatic heterocycles. The number of nitrogens with one attached hydrogen (secondary N) is 2. The molecule has 100 valence electrons. The van der Waals surface area contributed by atoms with Crippen molar-refractivity contribution in [3.05, 3.63) is 22.7 Å². The van der Waals surface area contributed by atoms with Crippen LogP contribution in [0, 0.1) is 12.3 Å². The first kappa shape index (κ1) is 13.5. The van der Waals surface area contributed by atoms with Gasteiger partial charge < -0.3 is 15.4 Å². The average molecular weight is 269 g/mol. The van der Waals surface area contributed by atoms with Crippen molar-refractivity contribution in [3.63, 3.8) is 0 Å². The van der Waals surface area contributed by atoms with Gasteiger partial charge in [-0.05, 0) is 38.4 Å². The molecule has 18 heavy (non-hydrogen) atoms. The number of anilines is 1. The molecule has 3 nitrogen and oxygen atoms in total. The lowest BCUT2D eigenvalue weighted by Crippen LogP contribution is -2.26. The largest absolute Gasteiger partial charge is 0.495 e. The van der Waals surface area contributed by atoms with Crippen LogP contribution in [0.5, 0.6) is 5.75 Å². The number of rotatable bonds is 6. The fourth-order valence-electron chi connectivity index (χ4n) is 2.22. The minimum atomic E-state index is 0.424. The average Bonchev–Trinajstić information content (AvgIpc) is 3.11. The van der Waals surface area contributed by atoms with E-state index in [4.69, 9.17) is 16.3 Å². The second-order valence-corrected chi connectivity index (χ2v) is 5.59. The van der Waals surface area contributed by atoms with Crippen LogP contribution < -0.4 is 15.4 Å². The molecule has 1 fully saturated rings. The van der Waals surface area contributed by atoms with Gasteiger partial charge in [0.05, 0.1) is 12.8 Å². The number of hydrogen-bond donors (Lipinski definition) is 2. The molecule has 4 heteroatoms. The van der Waals surface area contributed by atoms with Gasteiger partial charge in [-0.2, -0.15) is 0 Å². The Morgan fingerprint density at radius 2 is 2.06 bits per heavy atom. The topological polar surface area (TPSA) is 33.3 Å². The SMILES string of the molecule is CNCC1(CNc2cc(C)c(Cl)cc2OC)CC1. The maximum absolute atomic E-state index is 6.10. The lowest BCUT2D eigenvalue weighted by Gasteiger charge is -2.18. The molecule has 0 saturated heterocycles. The molecule has 2 N–H and O–H groups in total. The third kappa shape index (κ3) is 2.90.